The Labute approximate surface area is 109 Å². The van der Waals surface area contributed by atoms with Crippen LogP contribution in [-0.4, -0.2) is 76.5 Å². The Bertz CT molecular complexity index is 233. The fraction of sp³-hybridized carbons (Fsp3) is 0.917. The normalized spacial score (nSPS) is 18.6. The predicted molar refractivity (Wildman–Crippen MR) is 69.6 cm³/mol. The first-order chi connectivity index (χ1) is 8.75. The molecule has 0 aliphatic carbocycles. The number of piperazine rings is 1. The largest absolute Gasteiger partial charge is 0.382 e. The fourth-order valence-corrected chi connectivity index (χ4v) is 1.87. The molecule has 1 aliphatic heterocycles. The van der Waals surface area contributed by atoms with Crippen LogP contribution < -0.4 is 10.6 Å². The summed E-state index contributed by atoms with van der Waals surface area (Å²) in [7, 11) is 1.64. The lowest BCUT2D eigenvalue weighted by Gasteiger charge is -2.31. The Morgan fingerprint density at radius 2 is 2.06 bits per heavy atom. The van der Waals surface area contributed by atoms with E-state index < -0.39 is 0 Å². The van der Waals surface area contributed by atoms with Crippen molar-refractivity contribution < 1.29 is 14.3 Å². The minimum Gasteiger partial charge on any atom is -0.382 e. The highest BCUT2D eigenvalue weighted by molar-refractivity contribution is 5.81. The molecule has 1 amide bonds. The van der Waals surface area contributed by atoms with Crippen molar-refractivity contribution in [2.45, 2.75) is 13.0 Å². The van der Waals surface area contributed by atoms with E-state index >= 15 is 0 Å². The van der Waals surface area contributed by atoms with Crippen LogP contribution in [0.1, 0.15) is 6.92 Å². The minimum absolute atomic E-state index is 0.0638. The van der Waals surface area contributed by atoms with Crippen LogP contribution in [-0.2, 0) is 14.3 Å². The molecule has 0 aromatic rings. The predicted octanol–water partition coefficient (Wildman–Crippen LogP) is -0.941. The van der Waals surface area contributed by atoms with Crippen molar-refractivity contribution in [3.8, 4) is 0 Å². The van der Waals surface area contributed by atoms with Gasteiger partial charge in [-0.2, -0.15) is 0 Å². The number of ether oxygens (including phenoxy) is 2. The van der Waals surface area contributed by atoms with E-state index in [0.29, 0.717) is 26.4 Å². The average Bonchev–Trinajstić information content (AvgIpc) is 2.42. The third kappa shape index (κ3) is 5.77. The molecule has 18 heavy (non-hydrogen) atoms. The second-order valence-corrected chi connectivity index (χ2v) is 4.36. The third-order valence-electron chi connectivity index (χ3n) is 3.06. The Balaban J connectivity index is 2.07. The summed E-state index contributed by atoms with van der Waals surface area (Å²) in [5, 5.41) is 6.16. The van der Waals surface area contributed by atoms with Gasteiger partial charge in [-0.1, -0.05) is 0 Å². The SMILES string of the molecule is COCCOCCNC(=O)C(C)N1CCNCC1. The first-order valence-electron chi connectivity index (χ1n) is 6.55. The quantitative estimate of drug-likeness (QED) is 0.551. The number of nitrogens with zero attached hydrogens (tertiary/aromatic N) is 1. The molecule has 106 valence electrons. The van der Waals surface area contributed by atoms with Gasteiger partial charge in [0, 0.05) is 39.8 Å². The molecule has 0 spiro atoms. The average molecular weight is 259 g/mol. The molecule has 2 N–H and O–H groups in total. The van der Waals surface area contributed by atoms with E-state index in [0.717, 1.165) is 26.2 Å². The Morgan fingerprint density at radius 3 is 2.72 bits per heavy atom. The van der Waals surface area contributed by atoms with Crippen LogP contribution in [0.3, 0.4) is 0 Å². The van der Waals surface area contributed by atoms with Crippen LogP contribution in [0.15, 0.2) is 0 Å². The van der Waals surface area contributed by atoms with Crippen LogP contribution in [0.4, 0.5) is 0 Å². The molecule has 0 saturated carbocycles. The van der Waals surface area contributed by atoms with Crippen LogP contribution in [0.2, 0.25) is 0 Å². The fourth-order valence-electron chi connectivity index (χ4n) is 1.87. The number of methoxy groups -OCH3 is 1. The number of amides is 1. The van der Waals surface area contributed by atoms with E-state index in [-0.39, 0.29) is 11.9 Å². The van der Waals surface area contributed by atoms with Crippen molar-refractivity contribution in [3.63, 3.8) is 0 Å². The molecule has 1 atom stereocenters. The summed E-state index contributed by atoms with van der Waals surface area (Å²) in [5.41, 5.74) is 0. The topological polar surface area (TPSA) is 62.8 Å². The van der Waals surface area contributed by atoms with Gasteiger partial charge in [-0.3, -0.25) is 9.69 Å². The second kappa shape index (κ2) is 9.27. The van der Waals surface area contributed by atoms with Crippen molar-refractivity contribution in [1.29, 1.82) is 0 Å². The van der Waals surface area contributed by atoms with Gasteiger partial charge in [0.2, 0.25) is 5.91 Å². The lowest BCUT2D eigenvalue weighted by molar-refractivity contribution is -0.126. The highest BCUT2D eigenvalue weighted by Gasteiger charge is 2.21. The lowest BCUT2D eigenvalue weighted by Crippen LogP contribution is -2.53. The Hall–Kier alpha value is -0.690. The maximum absolute atomic E-state index is 11.9. The Morgan fingerprint density at radius 1 is 1.33 bits per heavy atom. The zero-order valence-electron chi connectivity index (χ0n) is 11.4. The standard InChI is InChI=1S/C12H25N3O3/c1-11(15-6-3-13-4-7-15)12(16)14-5-8-18-10-9-17-2/h11,13H,3-10H2,1-2H3,(H,14,16). The molecule has 1 unspecified atom stereocenters. The molecule has 1 aliphatic rings. The van der Waals surface area contributed by atoms with E-state index in [1.807, 2.05) is 6.92 Å². The van der Waals surface area contributed by atoms with Crippen LogP contribution in [0.5, 0.6) is 0 Å². The molecule has 0 aromatic heterocycles. The maximum atomic E-state index is 11.9. The van der Waals surface area contributed by atoms with Gasteiger partial charge in [-0.25, -0.2) is 0 Å². The third-order valence-corrected chi connectivity index (χ3v) is 3.06. The number of carbonyl (C=O) groups is 1. The first kappa shape index (κ1) is 15.4. The van der Waals surface area contributed by atoms with Gasteiger partial charge in [-0.15, -0.1) is 0 Å². The molecule has 0 radical (unpaired) electrons. The summed E-state index contributed by atoms with van der Waals surface area (Å²) >= 11 is 0. The number of rotatable bonds is 8. The molecule has 6 heteroatoms. The minimum atomic E-state index is -0.0638. The lowest BCUT2D eigenvalue weighted by atomic mass is 10.2. The molecule has 0 aromatic carbocycles. The first-order valence-corrected chi connectivity index (χ1v) is 6.55. The van der Waals surface area contributed by atoms with Crippen LogP contribution >= 0.6 is 0 Å². The van der Waals surface area contributed by atoms with Gasteiger partial charge in [0.05, 0.1) is 25.9 Å². The second-order valence-electron chi connectivity index (χ2n) is 4.36. The zero-order chi connectivity index (χ0) is 13.2. The van der Waals surface area contributed by atoms with E-state index in [1.54, 1.807) is 7.11 Å². The van der Waals surface area contributed by atoms with E-state index in [4.69, 9.17) is 9.47 Å². The van der Waals surface area contributed by atoms with Crippen molar-refractivity contribution >= 4 is 5.91 Å². The van der Waals surface area contributed by atoms with Gasteiger partial charge in [0.1, 0.15) is 0 Å². The number of carbonyl (C=O) groups excluding carboxylic acids is 1. The number of hydrogen-bond acceptors (Lipinski definition) is 5. The van der Waals surface area contributed by atoms with Gasteiger partial charge in [-0.05, 0) is 6.92 Å². The number of nitrogens with one attached hydrogen (secondary N) is 2. The van der Waals surface area contributed by atoms with E-state index in [9.17, 15) is 4.79 Å². The Kier molecular flexibility index (Phi) is 7.91. The van der Waals surface area contributed by atoms with Gasteiger partial charge in [0.15, 0.2) is 0 Å². The summed E-state index contributed by atoms with van der Waals surface area (Å²) in [6.07, 6.45) is 0. The number of hydrogen-bond donors (Lipinski definition) is 2. The highest BCUT2D eigenvalue weighted by atomic mass is 16.5. The molecule has 1 fully saturated rings. The van der Waals surface area contributed by atoms with Crippen LogP contribution in [0.25, 0.3) is 0 Å². The summed E-state index contributed by atoms with van der Waals surface area (Å²) in [6.45, 7) is 7.97. The zero-order valence-corrected chi connectivity index (χ0v) is 11.4. The summed E-state index contributed by atoms with van der Waals surface area (Å²) in [6, 6.07) is -0.0638. The molecule has 1 heterocycles. The van der Waals surface area contributed by atoms with E-state index in [2.05, 4.69) is 15.5 Å². The maximum Gasteiger partial charge on any atom is 0.237 e. The smallest absolute Gasteiger partial charge is 0.237 e. The van der Waals surface area contributed by atoms with E-state index in [1.165, 1.54) is 0 Å². The molecule has 0 bridgehead atoms. The summed E-state index contributed by atoms with van der Waals surface area (Å²) < 4.78 is 10.1. The van der Waals surface area contributed by atoms with Gasteiger partial charge in [0.25, 0.3) is 0 Å². The van der Waals surface area contributed by atoms with Gasteiger partial charge >= 0.3 is 0 Å². The van der Waals surface area contributed by atoms with Crippen LogP contribution in [0, 0.1) is 0 Å². The van der Waals surface area contributed by atoms with Crippen molar-refractivity contribution in [1.82, 2.24) is 15.5 Å². The van der Waals surface area contributed by atoms with Crippen molar-refractivity contribution in [2.75, 3.05) is 59.7 Å². The molecule has 6 nitrogen and oxygen atoms in total. The highest BCUT2D eigenvalue weighted by Crippen LogP contribution is 2.00. The molecule has 1 saturated heterocycles. The summed E-state index contributed by atoms with van der Waals surface area (Å²) in [5.74, 6) is 0.0761. The van der Waals surface area contributed by atoms with Crippen molar-refractivity contribution in [2.24, 2.45) is 0 Å². The molecule has 1 rings (SSSR count). The van der Waals surface area contributed by atoms with Crippen molar-refractivity contribution in [3.05, 3.63) is 0 Å². The molecular formula is C12H25N3O3. The molecular weight excluding hydrogens is 234 g/mol. The monoisotopic (exact) mass is 259 g/mol. The summed E-state index contributed by atoms with van der Waals surface area (Å²) in [4.78, 5) is 14.1. The van der Waals surface area contributed by atoms with Gasteiger partial charge < -0.3 is 20.1 Å².